The van der Waals surface area contributed by atoms with E-state index in [4.69, 9.17) is 0 Å². The van der Waals surface area contributed by atoms with Crippen LogP contribution in [0.2, 0.25) is 0 Å². The van der Waals surface area contributed by atoms with Gasteiger partial charge in [0.25, 0.3) is 0 Å². The highest BCUT2D eigenvalue weighted by atomic mass is 16.3. The van der Waals surface area contributed by atoms with Gasteiger partial charge in [0.2, 0.25) is 0 Å². The molecule has 0 heterocycles. The van der Waals surface area contributed by atoms with Gasteiger partial charge in [-0.05, 0) is 31.1 Å². The van der Waals surface area contributed by atoms with Crippen molar-refractivity contribution in [2.75, 3.05) is 0 Å². The van der Waals surface area contributed by atoms with Crippen molar-refractivity contribution in [1.82, 2.24) is 0 Å². The van der Waals surface area contributed by atoms with E-state index in [0.29, 0.717) is 11.8 Å². The van der Waals surface area contributed by atoms with Crippen LogP contribution < -0.4 is 0 Å². The van der Waals surface area contributed by atoms with Gasteiger partial charge >= 0.3 is 0 Å². The highest BCUT2D eigenvalue weighted by Crippen LogP contribution is 2.21. The predicted molar refractivity (Wildman–Crippen MR) is 63.4 cm³/mol. The van der Waals surface area contributed by atoms with Gasteiger partial charge in [0.05, 0.1) is 6.10 Å². The molecular weight excluding hydrogens is 172 g/mol. The van der Waals surface area contributed by atoms with Crippen molar-refractivity contribution in [2.45, 2.75) is 72.3 Å². The first kappa shape index (κ1) is 14.0. The smallest absolute Gasteiger partial charge is 0.0568 e. The summed E-state index contributed by atoms with van der Waals surface area (Å²) in [6.45, 7) is 8.85. The monoisotopic (exact) mass is 200 g/mol. The van der Waals surface area contributed by atoms with Crippen LogP contribution in [0.15, 0.2) is 0 Å². The van der Waals surface area contributed by atoms with Crippen LogP contribution in [0, 0.1) is 11.8 Å². The van der Waals surface area contributed by atoms with Crippen molar-refractivity contribution in [2.24, 2.45) is 11.8 Å². The Morgan fingerprint density at radius 2 is 1.64 bits per heavy atom. The van der Waals surface area contributed by atoms with Gasteiger partial charge in [-0.2, -0.15) is 0 Å². The van der Waals surface area contributed by atoms with Crippen molar-refractivity contribution in [3.63, 3.8) is 0 Å². The highest BCUT2D eigenvalue weighted by Gasteiger charge is 2.16. The van der Waals surface area contributed by atoms with Crippen LogP contribution in [0.3, 0.4) is 0 Å². The van der Waals surface area contributed by atoms with E-state index >= 15 is 0 Å². The molecule has 0 bridgehead atoms. The van der Waals surface area contributed by atoms with Crippen LogP contribution in [-0.4, -0.2) is 11.2 Å². The standard InChI is InChI=1S/C13H28O/c1-5-7-8-12(6-2)13(14)10-9-11(3)4/h11-14H,5-10H2,1-4H3. The Balaban J connectivity index is 3.72. The van der Waals surface area contributed by atoms with Crippen LogP contribution in [0.25, 0.3) is 0 Å². The maximum atomic E-state index is 9.98. The number of rotatable bonds is 8. The second-order valence-electron chi connectivity index (χ2n) is 4.85. The summed E-state index contributed by atoms with van der Waals surface area (Å²) in [5.41, 5.74) is 0. The Morgan fingerprint density at radius 3 is 2.07 bits per heavy atom. The molecule has 0 amide bonds. The zero-order valence-corrected chi connectivity index (χ0v) is 10.4. The SMILES string of the molecule is CCCCC(CC)C(O)CCC(C)C. The molecule has 1 N–H and O–H groups in total. The van der Waals surface area contributed by atoms with E-state index in [2.05, 4.69) is 27.7 Å². The summed E-state index contributed by atoms with van der Waals surface area (Å²) >= 11 is 0. The minimum Gasteiger partial charge on any atom is -0.393 e. The molecule has 0 fully saturated rings. The Morgan fingerprint density at radius 1 is 1.00 bits per heavy atom. The second kappa shape index (κ2) is 8.28. The minimum absolute atomic E-state index is 0.0612. The molecule has 0 aromatic rings. The lowest BCUT2D eigenvalue weighted by Crippen LogP contribution is -2.20. The molecule has 2 atom stereocenters. The first-order chi connectivity index (χ1) is 6.61. The number of aliphatic hydroxyl groups is 1. The van der Waals surface area contributed by atoms with E-state index in [1.807, 2.05) is 0 Å². The average molecular weight is 200 g/mol. The Bertz CT molecular complexity index is 120. The molecule has 0 aromatic carbocycles. The molecule has 0 saturated carbocycles. The van der Waals surface area contributed by atoms with E-state index in [9.17, 15) is 5.11 Å². The zero-order valence-electron chi connectivity index (χ0n) is 10.4. The van der Waals surface area contributed by atoms with Crippen molar-refractivity contribution in [1.29, 1.82) is 0 Å². The zero-order chi connectivity index (χ0) is 11.0. The molecule has 0 saturated heterocycles. The Hall–Kier alpha value is -0.0400. The van der Waals surface area contributed by atoms with Crippen molar-refractivity contribution in [3.05, 3.63) is 0 Å². The first-order valence-electron chi connectivity index (χ1n) is 6.29. The normalized spacial score (nSPS) is 15.9. The van der Waals surface area contributed by atoms with Gasteiger partial charge in [-0.15, -0.1) is 0 Å². The second-order valence-corrected chi connectivity index (χ2v) is 4.85. The molecule has 86 valence electrons. The van der Waals surface area contributed by atoms with Crippen molar-refractivity contribution >= 4 is 0 Å². The van der Waals surface area contributed by atoms with Gasteiger partial charge in [0.15, 0.2) is 0 Å². The molecule has 0 aliphatic heterocycles. The third-order valence-corrected chi connectivity index (χ3v) is 3.04. The fourth-order valence-electron chi connectivity index (χ4n) is 1.87. The molecule has 0 spiro atoms. The quantitative estimate of drug-likeness (QED) is 0.628. The van der Waals surface area contributed by atoms with E-state index in [0.717, 1.165) is 19.3 Å². The predicted octanol–water partition coefficient (Wildman–Crippen LogP) is 4.00. The molecule has 0 aliphatic carbocycles. The van der Waals surface area contributed by atoms with Crippen LogP contribution in [-0.2, 0) is 0 Å². The molecule has 14 heavy (non-hydrogen) atoms. The number of unbranched alkanes of at least 4 members (excludes halogenated alkanes) is 1. The molecule has 0 aromatic heterocycles. The molecule has 1 nitrogen and oxygen atoms in total. The number of aliphatic hydroxyl groups excluding tert-OH is 1. The molecule has 2 unspecified atom stereocenters. The average Bonchev–Trinajstić information content (AvgIpc) is 2.16. The minimum atomic E-state index is -0.0612. The number of hydrogen-bond donors (Lipinski definition) is 1. The summed E-state index contributed by atoms with van der Waals surface area (Å²) in [6, 6.07) is 0. The molecule has 0 rings (SSSR count). The molecule has 0 aliphatic rings. The molecule has 0 radical (unpaired) electrons. The third-order valence-electron chi connectivity index (χ3n) is 3.04. The summed E-state index contributed by atoms with van der Waals surface area (Å²) in [4.78, 5) is 0. The molecule has 1 heteroatoms. The maximum Gasteiger partial charge on any atom is 0.0568 e. The van der Waals surface area contributed by atoms with Crippen LogP contribution >= 0.6 is 0 Å². The van der Waals surface area contributed by atoms with Gasteiger partial charge in [-0.25, -0.2) is 0 Å². The summed E-state index contributed by atoms with van der Waals surface area (Å²) < 4.78 is 0. The topological polar surface area (TPSA) is 20.2 Å². The summed E-state index contributed by atoms with van der Waals surface area (Å²) in [5.74, 6) is 1.25. The third kappa shape index (κ3) is 6.42. The van der Waals surface area contributed by atoms with Gasteiger partial charge in [0.1, 0.15) is 0 Å². The Labute approximate surface area is 89.9 Å². The van der Waals surface area contributed by atoms with Crippen molar-refractivity contribution in [3.8, 4) is 0 Å². The molecular formula is C13H28O. The van der Waals surface area contributed by atoms with E-state index in [1.165, 1.54) is 19.3 Å². The van der Waals surface area contributed by atoms with Gasteiger partial charge in [-0.3, -0.25) is 0 Å². The van der Waals surface area contributed by atoms with Crippen LogP contribution in [0.5, 0.6) is 0 Å². The van der Waals surface area contributed by atoms with E-state index < -0.39 is 0 Å². The van der Waals surface area contributed by atoms with Crippen LogP contribution in [0.1, 0.15) is 66.2 Å². The van der Waals surface area contributed by atoms with E-state index in [1.54, 1.807) is 0 Å². The lowest BCUT2D eigenvalue weighted by Gasteiger charge is -2.22. The fraction of sp³-hybridized carbons (Fsp3) is 1.00. The van der Waals surface area contributed by atoms with E-state index in [-0.39, 0.29) is 6.10 Å². The maximum absolute atomic E-state index is 9.98. The van der Waals surface area contributed by atoms with Crippen molar-refractivity contribution < 1.29 is 5.11 Å². The Kier molecular flexibility index (Phi) is 8.26. The van der Waals surface area contributed by atoms with Gasteiger partial charge in [0, 0.05) is 0 Å². The fourth-order valence-corrected chi connectivity index (χ4v) is 1.87. The summed E-state index contributed by atoms with van der Waals surface area (Å²) in [6.07, 6.45) is 6.91. The number of hydrogen-bond acceptors (Lipinski definition) is 1. The first-order valence-corrected chi connectivity index (χ1v) is 6.29. The summed E-state index contributed by atoms with van der Waals surface area (Å²) in [5, 5.41) is 9.98. The highest BCUT2D eigenvalue weighted by molar-refractivity contribution is 4.68. The largest absolute Gasteiger partial charge is 0.393 e. The lowest BCUT2D eigenvalue weighted by atomic mass is 9.89. The summed E-state index contributed by atoms with van der Waals surface area (Å²) in [7, 11) is 0. The lowest BCUT2D eigenvalue weighted by molar-refractivity contribution is 0.0848. The van der Waals surface area contributed by atoms with Gasteiger partial charge < -0.3 is 5.11 Å². The van der Waals surface area contributed by atoms with Gasteiger partial charge in [-0.1, -0.05) is 47.0 Å². The van der Waals surface area contributed by atoms with Crippen LogP contribution in [0.4, 0.5) is 0 Å².